The maximum absolute atomic E-state index is 12.6. The lowest BCUT2D eigenvalue weighted by Crippen LogP contribution is -2.39. The van der Waals surface area contributed by atoms with Gasteiger partial charge in [0.05, 0.1) is 6.61 Å². The number of rotatable bonds is 17. The van der Waals surface area contributed by atoms with Gasteiger partial charge >= 0.3 is 24.1 Å². The third kappa shape index (κ3) is 13.5. The minimum atomic E-state index is -1.04. The van der Waals surface area contributed by atoms with Gasteiger partial charge < -0.3 is 29.4 Å². The number of unbranched alkanes of at least 4 members (excludes halogenated alkanes) is 2. The van der Waals surface area contributed by atoms with Crippen molar-refractivity contribution in [2.75, 3.05) is 6.61 Å². The Morgan fingerprint density at radius 2 is 1.38 bits per heavy atom. The minimum absolute atomic E-state index is 0.0707. The Morgan fingerprint density at radius 1 is 0.821 bits per heavy atom. The monoisotopic (exact) mass is 551 g/mol. The lowest BCUT2D eigenvalue weighted by atomic mass is 10.1. The molecule has 39 heavy (non-hydrogen) atoms. The highest BCUT2D eigenvalue weighted by Crippen LogP contribution is 2.30. The number of carbonyl (C=O) groups is 4. The molecule has 0 saturated carbocycles. The van der Waals surface area contributed by atoms with Crippen LogP contribution in [-0.2, 0) is 35.0 Å². The van der Waals surface area contributed by atoms with Crippen LogP contribution < -0.4 is 15.2 Å². The van der Waals surface area contributed by atoms with Gasteiger partial charge in [0.15, 0.2) is 11.5 Å². The fourth-order valence-corrected chi connectivity index (χ4v) is 3.15. The number of benzene rings is 1. The number of esters is 3. The van der Waals surface area contributed by atoms with Crippen LogP contribution in [0.15, 0.2) is 18.2 Å². The molecule has 4 atom stereocenters. The molecular weight excluding hydrogens is 506 g/mol. The molecule has 10 heteroatoms. The van der Waals surface area contributed by atoms with Crippen molar-refractivity contribution < 1.29 is 42.9 Å². The van der Waals surface area contributed by atoms with Gasteiger partial charge in [-0.15, -0.1) is 0 Å². The summed E-state index contributed by atoms with van der Waals surface area (Å²) >= 11 is 0. The summed E-state index contributed by atoms with van der Waals surface area (Å²) in [5.74, 6) is -1.14. The van der Waals surface area contributed by atoms with Crippen molar-refractivity contribution in [1.29, 1.82) is 0 Å². The fourth-order valence-electron chi connectivity index (χ4n) is 3.15. The van der Waals surface area contributed by atoms with E-state index in [4.69, 9.17) is 29.4 Å². The lowest BCUT2D eigenvalue weighted by Gasteiger charge is -2.22. The molecule has 0 aliphatic heterocycles. The van der Waals surface area contributed by atoms with Gasteiger partial charge in [0.25, 0.3) is 0 Å². The molecular formula is C29H45NO9. The molecule has 0 aliphatic carbocycles. The standard InChI is InChI=1S/C29H45NO9/c1-7-10-12-26(31)38-24-15-14-22(17-25(24)39-27(32)13-11-8-2)16-23(30)28(33)36-20(5)21(6)37-29(34)35-18-19(4)9-3/h14-15,17,19-21,23H,7-13,16,18,30H2,1-6H3/t19?,20-,21-,23-/m0/s1. The average Bonchev–Trinajstić information content (AvgIpc) is 2.90. The summed E-state index contributed by atoms with van der Waals surface area (Å²) in [6.45, 7) is 11.3. The number of carbonyl (C=O) groups excluding carboxylic acids is 4. The van der Waals surface area contributed by atoms with Crippen LogP contribution in [0.1, 0.15) is 92.1 Å². The Morgan fingerprint density at radius 3 is 1.95 bits per heavy atom. The quantitative estimate of drug-likeness (QED) is 0.201. The van der Waals surface area contributed by atoms with E-state index in [1.807, 2.05) is 27.7 Å². The molecule has 0 bridgehead atoms. The molecule has 0 spiro atoms. The van der Waals surface area contributed by atoms with Crippen molar-refractivity contribution in [1.82, 2.24) is 0 Å². The first kappa shape index (κ1) is 33.9. The van der Waals surface area contributed by atoms with Gasteiger partial charge in [0, 0.05) is 12.8 Å². The van der Waals surface area contributed by atoms with Crippen LogP contribution in [0.2, 0.25) is 0 Å². The Bertz CT molecular complexity index is 933. The molecule has 220 valence electrons. The number of hydrogen-bond acceptors (Lipinski definition) is 10. The van der Waals surface area contributed by atoms with Crippen LogP contribution in [-0.4, -0.2) is 48.9 Å². The molecule has 0 radical (unpaired) electrons. The molecule has 1 rings (SSSR count). The van der Waals surface area contributed by atoms with E-state index in [0.29, 0.717) is 18.4 Å². The summed E-state index contributed by atoms with van der Waals surface area (Å²) in [6.07, 6.45) is 2.07. The number of ether oxygens (including phenoxy) is 5. The summed E-state index contributed by atoms with van der Waals surface area (Å²) in [7, 11) is 0. The summed E-state index contributed by atoms with van der Waals surface area (Å²) < 4.78 is 26.5. The van der Waals surface area contributed by atoms with Gasteiger partial charge in [-0.05, 0) is 56.7 Å². The van der Waals surface area contributed by atoms with Crippen LogP contribution in [0.3, 0.4) is 0 Å². The van der Waals surface area contributed by atoms with E-state index < -0.39 is 42.3 Å². The van der Waals surface area contributed by atoms with Crippen molar-refractivity contribution in [3.8, 4) is 11.5 Å². The van der Waals surface area contributed by atoms with E-state index in [1.165, 1.54) is 12.1 Å². The predicted octanol–water partition coefficient (Wildman–Crippen LogP) is 5.27. The molecule has 1 aromatic rings. The number of hydrogen-bond donors (Lipinski definition) is 1. The van der Waals surface area contributed by atoms with Crippen LogP contribution >= 0.6 is 0 Å². The van der Waals surface area contributed by atoms with Gasteiger partial charge in [0.2, 0.25) is 0 Å². The summed E-state index contributed by atoms with van der Waals surface area (Å²) in [5, 5.41) is 0. The third-order valence-electron chi connectivity index (χ3n) is 6.11. The van der Waals surface area contributed by atoms with Gasteiger partial charge in [-0.1, -0.05) is 53.0 Å². The lowest BCUT2D eigenvalue weighted by molar-refractivity contribution is -0.155. The van der Waals surface area contributed by atoms with E-state index in [2.05, 4.69) is 0 Å². The topological polar surface area (TPSA) is 140 Å². The highest BCUT2D eigenvalue weighted by Gasteiger charge is 2.25. The largest absolute Gasteiger partial charge is 0.508 e. The van der Waals surface area contributed by atoms with Gasteiger partial charge in [-0.3, -0.25) is 14.4 Å². The maximum Gasteiger partial charge on any atom is 0.508 e. The second-order valence-corrected chi connectivity index (χ2v) is 9.79. The molecule has 0 fully saturated rings. The zero-order chi connectivity index (χ0) is 29.4. The second kappa shape index (κ2) is 18.2. The van der Waals surface area contributed by atoms with Crippen LogP contribution in [0.4, 0.5) is 4.79 Å². The molecule has 0 heterocycles. The van der Waals surface area contributed by atoms with Gasteiger partial charge in [-0.2, -0.15) is 0 Å². The SMILES string of the molecule is CCCCC(=O)Oc1ccc(C[C@H](N)C(=O)O[C@@H](C)[C@H](C)OC(=O)OCC(C)CC)cc1OC(=O)CCCC. The molecule has 2 N–H and O–H groups in total. The maximum atomic E-state index is 12.6. The summed E-state index contributed by atoms with van der Waals surface area (Å²) in [4.78, 5) is 48.9. The molecule has 1 aromatic carbocycles. The first-order valence-electron chi connectivity index (χ1n) is 13.8. The Balaban J connectivity index is 2.82. The first-order chi connectivity index (χ1) is 18.5. The van der Waals surface area contributed by atoms with Gasteiger partial charge in [-0.25, -0.2) is 4.79 Å². The van der Waals surface area contributed by atoms with Crippen molar-refractivity contribution in [2.24, 2.45) is 11.7 Å². The van der Waals surface area contributed by atoms with E-state index in [1.54, 1.807) is 19.9 Å². The summed E-state index contributed by atoms with van der Waals surface area (Å²) in [5.41, 5.74) is 6.67. The molecule has 0 amide bonds. The minimum Gasteiger partial charge on any atom is -0.458 e. The predicted molar refractivity (Wildman–Crippen MR) is 145 cm³/mol. The average molecular weight is 552 g/mol. The smallest absolute Gasteiger partial charge is 0.458 e. The van der Waals surface area contributed by atoms with Crippen molar-refractivity contribution in [3.05, 3.63) is 23.8 Å². The van der Waals surface area contributed by atoms with E-state index in [9.17, 15) is 19.2 Å². The summed E-state index contributed by atoms with van der Waals surface area (Å²) in [6, 6.07) is 3.64. The fraction of sp³-hybridized carbons (Fsp3) is 0.655. The van der Waals surface area contributed by atoms with Crippen LogP contribution in [0.5, 0.6) is 11.5 Å². The van der Waals surface area contributed by atoms with Crippen molar-refractivity contribution in [2.45, 2.75) is 111 Å². The number of nitrogens with two attached hydrogens (primary N) is 1. The van der Waals surface area contributed by atoms with Crippen molar-refractivity contribution >= 4 is 24.1 Å². The Kier molecular flexibility index (Phi) is 15.8. The normalized spacial score (nSPS) is 13.9. The Labute approximate surface area is 231 Å². The molecule has 1 unspecified atom stereocenters. The van der Waals surface area contributed by atoms with Crippen LogP contribution in [0.25, 0.3) is 0 Å². The zero-order valence-corrected chi connectivity index (χ0v) is 24.2. The van der Waals surface area contributed by atoms with E-state index >= 15 is 0 Å². The molecule has 0 saturated heterocycles. The second-order valence-electron chi connectivity index (χ2n) is 9.79. The molecule has 10 nitrogen and oxygen atoms in total. The van der Waals surface area contributed by atoms with E-state index in [0.717, 1.165) is 19.3 Å². The van der Waals surface area contributed by atoms with E-state index in [-0.39, 0.29) is 43.3 Å². The molecule has 0 aliphatic rings. The van der Waals surface area contributed by atoms with Gasteiger partial charge in [0.1, 0.15) is 18.2 Å². The highest BCUT2D eigenvalue weighted by atomic mass is 16.7. The third-order valence-corrected chi connectivity index (χ3v) is 6.11. The molecule has 0 aromatic heterocycles. The Hall–Kier alpha value is -3.14. The highest BCUT2D eigenvalue weighted by molar-refractivity contribution is 5.77. The zero-order valence-electron chi connectivity index (χ0n) is 24.2. The first-order valence-corrected chi connectivity index (χ1v) is 13.8. The van der Waals surface area contributed by atoms with Crippen molar-refractivity contribution in [3.63, 3.8) is 0 Å². The van der Waals surface area contributed by atoms with Crippen LogP contribution in [0, 0.1) is 5.92 Å².